The molecule has 0 unspecified atom stereocenters. The molecule has 0 aliphatic carbocycles. The van der Waals surface area contributed by atoms with Gasteiger partial charge in [0, 0.05) is 23.7 Å². The number of anilines is 1. The number of nitrogens with one attached hydrogen (secondary N) is 1. The van der Waals surface area contributed by atoms with Gasteiger partial charge in [-0.2, -0.15) is 0 Å². The van der Waals surface area contributed by atoms with Gasteiger partial charge in [0.1, 0.15) is 4.88 Å². The first-order valence-electron chi connectivity index (χ1n) is 6.46. The molecule has 2 rings (SSSR count). The Labute approximate surface area is 122 Å². The first-order chi connectivity index (χ1) is 9.34. The van der Waals surface area contributed by atoms with Gasteiger partial charge in [0.05, 0.1) is 11.3 Å². The van der Waals surface area contributed by atoms with E-state index in [1.165, 1.54) is 11.3 Å². The molecule has 1 heterocycles. The van der Waals surface area contributed by atoms with Gasteiger partial charge in [0.15, 0.2) is 0 Å². The number of fused-ring (bicyclic) bond motifs is 1. The molecule has 0 saturated heterocycles. The summed E-state index contributed by atoms with van der Waals surface area (Å²) in [5, 5.41) is 3.81. The number of hydrogen-bond acceptors (Lipinski definition) is 4. The van der Waals surface area contributed by atoms with Crippen molar-refractivity contribution in [3.05, 3.63) is 28.6 Å². The molecule has 1 aromatic heterocycles. The maximum absolute atomic E-state index is 12.2. The topological polar surface area (TPSA) is 64.3 Å². The molecule has 0 saturated carbocycles. The standard InChI is InChI=1S/C15H20N2O2S/c1-9-5-6-10-11(7-9)20-13(12(10)16)14(18)17-8-15(2,3)19-4/h5-7H,8,16H2,1-4H3,(H,17,18). The number of benzene rings is 1. The van der Waals surface area contributed by atoms with Crippen molar-refractivity contribution in [3.63, 3.8) is 0 Å². The van der Waals surface area contributed by atoms with Gasteiger partial charge in [0.25, 0.3) is 5.91 Å². The third-order valence-electron chi connectivity index (χ3n) is 3.32. The number of rotatable bonds is 4. The predicted molar refractivity (Wildman–Crippen MR) is 84.4 cm³/mol. The highest BCUT2D eigenvalue weighted by molar-refractivity contribution is 7.21. The van der Waals surface area contributed by atoms with Crippen molar-refractivity contribution in [2.45, 2.75) is 26.4 Å². The van der Waals surface area contributed by atoms with Gasteiger partial charge in [-0.05, 0) is 32.4 Å². The Morgan fingerprint density at radius 1 is 1.45 bits per heavy atom. The summed E-state index contributed by atoms with van der Waals surface area (Å²) in [6, 6.07) is 6.01. The average molecular weight is 292 g/mol. The number of methoxy groups -OCH3 is 1. The summed E-state index contributed by atoms with van der Waals surface area (Å²) in [5.74, 6) is -0.147. The lowest BCUT2D eigenvalue weighted by Gasteiger charge is -2.22. The number of carbonyl (C=O) groups excluding carboxylic acids is 1. The zero-order chi connectivity index (χ0) is 14.9. The monoisotopic (exact) mass is 292 g/mol. The number of nitrogens with two attached hydrogens (primary N) is 1. The van der Waals surface area contributed by atoms with E-state index < -0.39 is 5.60 Å². The van der Waals surface area contributed by atoms with Gasteiger partial charge in [-0.15, -0.1) is 11.3 Å². The fourth-order valence-corrected chi connectivity index (χ4v) is 2.98. The van der Waals surface area contributed by atoms with Crippen LogP contribution < -0.4 is 11.1 Å². The van der Waals surface area contributed by atoms with E-state index in [1.54, 1.807) is 7.11 Å². The fraction of sp³-hybridized carbons (Fsp3) is 0.400. The SMILES string of the molecule is COC(C)(C)CNC(=O)c1sc2cc(C)ccc2c1N. The van der Waals surface area contributed by atoms with Crippen LogP contribution in [0.15, 0.2) is 18.2 Å². The lowest BCUT2D eigenvalue weighted by molar-refractivity contribution is 0.0229. The maximum Gasteiger partial charge on any atom is 0.263 e. The highest BCUT2D eigenvalue weighted by Crippen LogP contribution is 2.34. The highest BCUT2D eigenvalue weighted by Gasteiger charge is 2.21. The quantitative estimate of drug-likeness (QED) is 0.910. The molecular weight excluding hydrogens is 272 g/mol. The van der Waals surface area contributed by atoms with Crippen LogP contribution >= 0.6 is 11.3 Å². The molecule has 0 fully saturated rings. The molecule has 108 valence electrons. The minimum Gasteiger partial charge on any atom is -0.397 e. The molecule has 5 heteroatoms. The minimum atomic E-state index is -0.391. The first kappa shape index (κ1) is 14.8. The fourth-order valence-electron chi connectivity index (χ4n) is 1.84. The molecular formula is C15H20N2O2S. The summed E-state index contributed by atoms with van der Waals surface area (Å²) in [6.45, 7) is 6.31. The molecule has 2 aromatic rings. The second-order valence-electron chi connectivity index (χ2n) is 5.49. The second kappa shape index (κ2) is 5.42. The van der Waals surface area contributed by atoms with Crippen LogP contribution in [0.3, 0.4) is 0 Å². The Balaban J connectivity index is 2.24. The van der Waals surface area contributed by atoms with Gasteiger partial charge >= 0.3 is 0 Å². The van der Waals surface area contributed by atoms with Crippen LogP contribution in [-0.4, -0.2) is 25.2 Å². The summed E-state index contributed by atoms with van der Waals surface area (Å²) < 4.78 is 6.33. The van der Waals surface area contributed by atoms with E-state index in [0.29, 0.717) is 17.1 Å². The largest absolute Gasteiger partial charge is 0.397 e. The van der Waals surface area contributed by atoms with Crippen LogP contribution in [0.1, 0.15) is 29.1 Å². The van der Waals surface area contributed by atoms with Crippen molar-refractivity contribution in [3.8, 4) is 0 Å². The smallest absolute Gasteiger partial charge is 0.263 e. The Morgan fingerprint density at radius 2 is 2.15 bits per heavy atom. The van der Waals surface area contributed by atoms with Gasteiger partial charge < -0.3 is 15.8 Å². The highest BCUT2D eigenvalue weighted by atomic mass is 32.1. The number of hydrogen-bond donors (Lipinski definition) is 2. The number of ether oxygens (including phenoxy) is 1. The normalized spacial score (nSPS) is 11.8. The number of thiophene rings is 1. The molecule has 4 nitrogen and oxygen atoms in total. The van der Waals surface area contributed by atoms with Crippen LogP contribution in [0.2, 0.25) is 0 Å². The second-order valence-corrected chi connectivity index (χ2v) is 6.54. The third kappa shape index (κ3) is 2.94. The molecule has 1 aromatic carbocycles. The first-order valence-corrected chi connectivity index (χ1v) is 7.28. The summed E-state index contributed by atoms with van der Waals surface area (Å²) in [6.07, 6.45) is 0. The van der Waals surface area contributed by atoms with Crippen LogP contribution in [0.4, 0.5) is 5.69 Å². The van der Waals surface area contributed by atoms with Gasteiger partial charge in [-0.25, -0.2) is 0 Å². The van der Waals surface area contributed by atoms with E-state index in [2.05, 4.69) is 5.32 Å². The van der Waals surface area contributed by atoms with Gasteiger partial charge in [0.2, 0.25) is 0 Å². The van der Waals surface area contributed by atoms with Crippen LogP contribution in [0.5, 0.6) is 0 Å². The lowest BCUT2D eigenvalue weighted by atomic mass is 10.1. The van der Waals surface area contributed by atoms with Crippen molar-refractivity contribution < 1.29 is 9.53 Å². The number of aryl methyl sites for hydroxylation is 1. The molecule has 0 aliphatic heterocycles. The zero-order valence-electron chi connectivity index (χ0n) is 12.2. The predicted octanol–water partition coefficient (Wildman–Crippen LogP) is 2.95. The molecule has 20 heavy (non-hydrogen) atoms. The van der Waals surface area contributed by atoms with Crippen LogP contribution in [0, 0.1) is 6.92 Å². The van der Waals surface area contributed by atoms with Crippen molar-refractivity contribution in [2.75, 3.05) is 19.4 Å². The number of nitrogen functional groups attached to an aromatic ring is 1. The minimum absolute atomic E-state index is 0.147. The summed E-state index contributed by atoms with van der Waals surface area (Å²) in [4.78, 5) is 12.8. The summed E-state index contributed by atoms with van der Waals surface area (Å²) in [7, 11) is 1.63. The molecule has 0 bridgehead atoms. The van der Waals surface area contributed by atoms with Crippen molar-refractivity contribution in [1.29, 1.82) is 0 Å². The molecule has 1 amide bonds. The Bertz CT molecular complexity index is 647. The maximum atomic E-state index is 12.2. The number of amides is 1. The van der Waals surface area contributed by atoms with E-state index in [1.807, 2.05) is 39.0 Å². The van der Waals surface area contributed by atoms with Crippen molar-refractivity contribution >= 4 is 33.0 Å². The Kier molecular flexibility index (Phi) is 4.01. The summed E-state index contributed by atoms with van der Waals surface area (Å²) in [5.41, 5.74) is 7.40. The molecule has 0 atom stereocenters. The van der Waals surface area contributed by atoms with E-state index in [0.717, 1.165) is 15.6 Å². The van der Waals surface area contributed by atoms with E-state index in [-0.39, 0.29) is 5.91 Å². The van der Waals surface area contributed by atoms with Crippen LogP contribution in [0.25, 0.3) is 10.1 Å². The Hall–Kier alpha value is -1.59. The van der Waals surface area contributed by atoms with Crippen molar-refractivity contribution in [1.82, 2.24) is 5.32 Å². The lowest BCUT2D eigenvalue weighted by Crippen LogP contribution is -2.39. The average Bonchev–Trinajstić information content (AvgIpc) is 2.73. The molecule has 0 aliphatic rings. The van der Waals surface area contributed by atoms with E-state index >= 15 is 0 Å². The zero-order valence-corrected chi connectivity index (χ0v) is 13.1. The van der Waals surface area contributed by atoms with Gasteiger partial charge in [-0.3, -0.25) is 4.79 Å². The third-order valence-corrected chi connectivity index (χ3v) is 4.48. The van der Waals surface area contributed by atoms with Crippen LogP contribution in [-0.2, 0) is 4.74 Å². The van der Waals surface area contributed by atoms with E-state index in [9.17, 15) is 4.79 Å². The van der Waals surface area contributed by atoms with Gasteiger partial charge in [-0.1, -0.05) is 12.1 Å². The summed E-state index contributed by atoms with van der Waals surface area (Å²) >= 11 is 1.43. The molecule has 3 N–H and O–H groups in total. The van der Waals surface area contributed by atoms with Crippen molar-refractivity contribution in [2.24, 2.45) is 0 Å². The number of carbonyl (C=O) groups is 1. The molecule has 0 spiro atoms. The molecule has 0 radical (unpaired) electrons. The Morgan fingerprint density at radius 3 is 2.80 bits per heavy atom. The van der Waals surface area contributed by atoms with E-state index in [4.69, 9.17) is 10.5 Å².